The van der Waals surface area contributed by atoms with E-state index in [1.54, 1.807) is 30.1 Å². The fourth-order valence-corrected chi connectivity index (χ4v) is 6.06. The van der Waals surface area contributed by atoms with E-state index < -0.39 is 5.60 Å². The minimum atomic E-state index is -1.12. The zero-order valence-corrected chi connectivity index (χ0v) is 16.2. The molecule has 142 valence electrons. The third-order valence-corrected chi connectivity index (χ3v) is 7.16. The molecule has 1 atom stereocenters. The maximum absolute atomic E-state index is 12.5. The molecule has 4 aliphatic carbocycles. The van der Waals surface area contributed by atoms with E-state index in [0.717, 1.165) is 17.8 Å². The van der Waals surface area contributed by atoms with Crippen LogP contribution in [-0.2, 0) is 17.4 Å². The van der Waals surface area contributed by atoms with Crippen molar-refractivity contribution in [3.63, 3.8) is 0 Å². The lowest BCUT2D eigenvalue weighted by atomic mass is 9.48. The number of hydrogen-bond donors (Lipinski definition) is 2. The highest BCUT2D eigenvalue weighted by Gasteiger charge is 2.51. The van der Waals surface area contributed by atoms with E-state index in [4.69, 9.17) is 0 Å². The van der Waals surface area contributed by atoms with Crippen LogP contribution in [0.5, 0.6) is 0 Å². The summed E-state index contributed by atoms with van der Waals surface area (Å²) in [5.74, 6) is 2.53. The number of carbonyl (C=O) groups is 1. The largest absolute Gasteiger partial charge is 0.383 e. The Morgan fingerprint density at radius 3 is 2.42 bits per heavy atom. The molecule has 2 N–H and O–H groups in total. The zero-order chi connectivity index (χ0) is 18.5. The molecule has 1 aromatic rings. The number of hydrogen-bond acceptors (Lipinski definition) is 3. The molecule has 0 aliphatic heterocycles. The van der Waals surface area contributed by atoms with Gasteiger partial charge < -0.3 is 10.4 Å². The number of rotatable bonds is 5. The Balaban J connectivity index is 1.41. The fraction of sp³-hybridized carbons (Fsp3) is 0.714. The van der Waals surface area contributed by atoms with E-state index >= 15 is 0 Å². The highest BCUT2D eigenvalue weighted by atomic mass is 16.3. The molecule has 1 aromatic heterocycles. The van der Waals surface area contributed by atoms with Gasteiger partial charge in [0, 0.05) is 24.9 Å². The second-order valence-electron chi connectivity index (χ2n) is 9.42. The molecular weight excluding hydrogens is 326 g/mol. The van der Waals surface area contributed by atoms with Gasteiger partial charge in [0.25, 0.3) is 0 Å². The van der Waals surface area contributed by atoms with Crippen molar-refractivity contribution in [1.82, 2.24) is 15.1 Å². The van der Waals surface area contributed by atoms with Gasteiger partial charge in [0.15, 0.2) is 0 Å². The highest BCUT2D eigenvalue weighted by Crippen LogP contribution is 2.62. The van der Waals surface area contributed by atoms with E-state index in [9.17, 15) is 9.90 Å². The average Bonchev–Trinajstić information content (AvgIpc) is 2.99. The molecule has 1 amide bonds. The first-order chi connectivity index (χ1) is 12.3. The van der Waals surface area contributed by atoms with Gasteiger partial charge >= 0.3 is 0 Å². The van der Waals surface area contributed by atoms with Gasteiger partial charge in [-0.05, 0) is 75.5 Å². The minimum absolute atomic E-state index is 0.0950. The molecule has 0 spiro atoms. The van der Waals surface area contributed by atoms with Crippen molar-refractivity contribution in [2.24, 2.45) is 30.2 Å². The van der Waals surface area contributed by atoms with Crippen LogP contribution in [0, 0.1) is 23.2 Å². The van der Waals surface area contributed by atoms with Crippen molar-refractivity contribution in [2.75, 3.05) is 6.54 Å². The van der Waals surface area contributed by atoms with E-state index in [-0.39, 0.29) is 17.9 Å². The SMILES string of the molecule is C/C(=C\C(=O)NCC(C)(O)c1cnn(C)c1)C12CC3CC(CC(C3)C1)C2. The van der Waals surface area contributed by atoms with Crippen LogP contribution in [0.25, 0.3) is 0 Å². The zero-order valence-electron chi connectivity index (χ0n) is 16.2. The van der Waals surface area contributed by atoms with Crippen molar-refractivity contribution < 1.29 is 9.90 Å². The second kappa shape index (κ2) is 6.22. The summed E-state index contributed by atoms with van der Waals surface area (Å²) in [5.41, 5.74) is 1.10. The second-order valence-corrected chi connectivity index (χ2v) is 9.42. The maximum Gasteiger partial charge on any atom is 0.244 e. The summed E-state index contributed by atoms with van der Waals surface area (Å²) in [5, 5.41) is 17.6. The number of nitrogens with one attached hydrogen (secondary N) is 1. The van der Waals surface area contributed by atoms with Crippen LogP contribution in [0.2, 0.25) is 0 Å². The van der Waals surface area contributed by atoms with Crippen molar-refractivity contribution in [1.29, 1.82) is 0 Å². The van der Waals surface area contributed by atoms with Gasteiger partial charge in [-0.15, -0.1) is 0 Å². The summed E-state index contributed by atoms with van der Waals surface area (Å²) in [6.45, 7) is 4.04. The van der Waals surface area contributed by atoms with Gasteiger partial charge in [0.2, 0.25) is 5.91 Å². The van der Waals surface area contributed by atoms with Crippen LogP contribution < -0.4 is 5.32 Å². The number of aromatic nitrogens is 2. The van der Waals surface area contributed by atoms with Crippen LogP contribution >= 0.6 is 0 Å². The number of carbonyl (C=O) groups excluding carboxylic acids is 1. The molecule has 26 heavy (non-hydrogen) atoms. The minimum Gasteiger partial charge on any atom is -0.383 e. The molecule has 4 bridgehead atoms. The van der Waals surface area contributed by atoms with Crippen molar-refractivity contribution in [3.05, 3.63) is 29.6 Å². The molecule has 4 aliphatic rings. The van der Waals surface area contributed by atoms with Crippen LogP contribution in [-0.4, -0.2) is 27.3 Å². The van der Waals surface area contributed by atoms with Crippen LogP contribution in [0.1, 0.15) is 57.9 Å². The van der Waals surface area contributed by atoms with Gasteiger partial charge in [-0.1, -0.05) is 5.57 Å². The van der Waals surface area contributed by atoms with E-state index in [0.29, 0.717) is 5.56 Å². The first kappa shape index (κ1) is 17.8. The van der Waals surface area contributed by atoms with Crippen LogP contribution in [0.15, 0.2) is 24.0 Å². The normalized spacial score (nSPS) is 35.4. The van der Waals surface area contributed by atoms with E-state index in [1.807, 2.05) is 7.05 Å². The summed E-state index contributed by atoms with van der Waals surface area (Å²) >= 11 is 0. The number of aryl methyl sites for hydroxylation is 1. The van der Waals surface area contributed by atoms with Crippen molar-refractivity contribution >= 4 is 5.91 Å². The average molecular weight is 357 g/mol. The van der Waals surface area contributed by atoms with Crippen molar-refractivity contribution in [3.8, 4) is 0 Å². The summed E-state index contributed by atoms with van der Waals surface area (Å²) < 4.78 is 1.66. The molecule has 1 heterocycles. The predicted molar refractivity (Wildman–Crippen MR) is 100 cm³/mol. The molecule has 5 heteroatoms. The molecule has 5 rings (SSSR count). The summed E-state index contributed by atoms with van der Waals surface area (Å²) in [4.78, 5) is 12.5. The lowest BCUT2D eigenvalue weighted by molar-refractivity contribution is -0.117. The first-order valence-corrected chi connectivity index (χ1v) is 9.94. The highest BCUT2D eigenvalue weighted by molar-refractivity contribution is 5.88. The van der Waals surface area contributed by atoms with Gasteiger partial charge in [-0.2, -0.15) is 5.10 Å². The number of amides is 1. The number of allylic oxidation sites excluding steroid dienone is 1. The number of aliphatic hydroxyl groups is 1. The molecule has 4 fully saturated rings. The Kier molecular flexibility index (Phi) is 4.25. The molecule has 0 saturated heterocycles. The molecule has 1 unspecified atom stereocenters. The van der Waals surface area contributed by atoms with Crippen LogP contribution in [0.4, 0.5) is 0 Å². The van der Waals surface area contributed by atoms with Crippen LogP contribution in [0.3, 0.4) is 0 Å². The molecule has 5 nitrogen and oxygen atoms in total. The number of nitrogens with zero attached hydrogens (tertiary/aromatic N) is 2. The van der Waals surface area contributed by atoms with Gasteiger partial charge in [0.1, 0.15) is 5.60 Å². The molecular formula is C21H31N3O2. The fourth-order valence-electron chi connectivity index (χ4n) is 6.06. The quantitative estimate of drug-likeness (QED) is 0.796. The Morgan fingerprint density at radius 1 is 1.35 bits per heavy atom. The Morgan fingerprint density at radius 2 is 1.92 bits per heavy atom. The molecule has 4 saturated carbocycles. The maximum atomic E-state index is 12.5. The third kappa shape index (κ3) is 3.22. The molecule has 0 aromatic carbocycles. The Bertz CT molecular complexity index is 696. The van der Waals surface area contributed by atoms with E-state index in [1.165, 1.54) is 44.1 Å². The van der Waals surface area contributed by atoms with Crippen molar-refractivity contribution in [2.45, 2.75) is 58.0 Å². The van der Waals surface area contributed by atoms with Gasteiger partial charge in [-0.3, -0.25) is 9.48 Å². The predicted octanol–water partition coefficient (Wildman–Crippen LogP) is 2.91. The van der Waals surface area contributed by atoms with Gasteiger partial charge in [-0.25, -0.2) is 0 Å². The lowest BCUT2D eigenvalue weighted by Crippen LogP contribution is -2.47. The topological polar surface area (TPSA) is 67.2 Å². The Labute approximate surface area is 155 Å². The monoisotopic (exact) mass is 357 g/mol. The molecule has 0 radical (unpaired) electrons. The first-order valence-electron chi connectivity index (χ1n) is 9.94. The summed E-state index contributed by atoms with van der Waals surface area (Å²) in [6.07, 6.45) is 13.2. The van der Waals surface area contributed by atoms with E-state index in [2.05, 4.69) is 17.3 Å². The third-order valence-electron chi connectivity index (χ3n) is 7.16. The Hall–Kier alpha value is -1.62. The van der Waals surface area contributed by atoms with Gasteiger partial charge in [0.05, 0.1) is 12.7 Å². The summed E-state index contributed by atoms with van der Waals surface area (Å²) in [7, 11) is 1.82. The lowest BCUT2D eigenvalue weighted by Gasteiger charge is -2.57. The standard InChI is InChI=1S/C21H31N3O2/c1-14(21-8-15-5-16(9-21)7-17(6-15)10-21)4-19(25)22-13-20(2,26)18-11-23-24(3)12-18/h4,11-12,15-17,26H,5-10,13H2,1-3H3,(H,22,25)/b14-4+. The summed E-state index contributed by atoms with van der Waals surface area (Å²) in [6, 6.07) is 0. The smallest absolute Gasteiger partial charge is 0.244 e.